The Kier molecular flexibility index (Phi) is 7.01. The van der Waals surface area contributed by atoms with Gasteiger partial charge in [0, 0.05) is 5.69 Å². The molecule has 0 fully saturated rings. The molecule has 0 aliphatic carbocycles. The Bertz CT molecular complexity index is 779. The molecule has 7 nitrogen and oxygen atoms in total. The monoisotopic (exact) mass is 354 g/mol. The molecule has 0 aromatic heterocycles. The third kappa shape index (κ3) is 6.17. The van der Waals surface area contributed by atoms with Gasteiger partial charge in [-0.3, -0.25) is 4.79 Å². The van der Waals surface area contributed by atoms with E-state index in [0.29, 0.717) is 23.6 Å². The molecule has 0 aliphatic heterocycles. The Morgan fingerprint density at radius 1 is 1.00 bits per heavy atom. The molecule has 2 aromatic rings. The zero-order valence-corrected chi connectivity index (χ0v) is 14.2. The van der Waals surface area contributed by atoms with E-state index in [9.17, 15) is 9.59 Å². The highest BCUT2D eigenvalue weighted by Crippen LogP contribution is 2.16. The number of esters is 1. The number of nitrogens with zero attached hydrogens (tertiary/aromatic N) is 1. The highest BCUT2D eigenvalue weighted by molar-refractivity contribution is 5.92. The van der Waals surface area contributed by atoms with Crippen molar-refractivity contribution in [3.63, 3.8) is 0 Å². The Morgan fingerprint density at radius 3 is 2.27 bits per heavy atom. The summed E-state index contributed by atoms with van der Waals surface area (Å²) in [7, 11) is 1.55. The summed E-state index contributed by atoms with van der Waals surface area (Å²) in [6.07, 6.45) is 0.306. The fourth-order valence-corrected chi connectivity index (χ4v) is 2.00. The van der Waals surface area contributed by atoms with Crippen LogP contribution in [0.25, 0.3) is 0 Å². The van der Waals surface area contributed by atoms with Gasteiger partial charge in [0.2, 0.25) is 0 Å². The first kappa shape index (κ1) is 18.8. The van der Waals surface area contributed by atoms with Gasteiger partial charge in [0.25, 0.3) is 5.91 Å². The number of carbonyl (C=O) groups excluding carboxylic acids is 2. The zero-order chi connectivity index (χ0) is 18.8. The van der Waals surface area contributed by atoms with Crippen molar-refractivity contribution in [3.05, 3.63) is 54.1 Å². The van der Waals surface area contributed by atoms with Gasteiger partial charge in [-0.15, -0.1) is 0 Å². The third-order valence-electron chi connectivity index (χ3n) is 3.30. The average molecular weight is 354 g/mol. The van der Waals surface area contributed by atoms with Crippen LogP contribution in [0.5, 0.6) is 11.5 Å². The van der Waals surface area contributed by atoms with Gasteiger partial charge in [0.05, 0.1) is 19.6 Å². The molecule has 1 N–H and O–H groups in total. The summed E-state index contributed by atoms with van der Waals surface area (Å²) >= 11 is 0. The summed E-state index contributed by atoms with van der Waals surface area (Å²) in [6, 6.07) is 15.6. The summed E-state index contributed by atoms with van der Waals surface area (Å²) < 4.78 is 15.1. The van der Waals surface area contributed by atoms with Crippen LogP contribution in [0, 0.1) is 11.3 Å². The first-order chi connectivity index (χ1) is 12.6. The minimum absolute atomic E-state index is 0.303. The van der Waals surface area contributed by atoms with Crippen LogP contribution < -0.4 is 14.8 Å². The van der Waals surface area contributed by atoms with E-state index in [0.717, 1.165) is 5.56 Å². The van der Waals surface area contributed by atoms with Gasteiger partial charge >= 0.3 is 5.97 Å². The van der Waals surface area contributed by atoms with Crippen molar-refractivity contribution < 1.29 is 23.8 Å². The van der Waals surface area contributed by atoms with E-state index in [2.05, 4.69) is 5.32 Å². The van der Waals surface area contributed by atoms with E-state index in [-0.39, 0.29) is 6.61 Å². The van der Waals surface area contributed by atoms with Crippen molar-refractivity contribution in [1.82, 2.24) is 0 Å². The number of nitriles is 1. The maximum Gasteiger partial charge on any atom is 0.344 e. The van der Waals surface area contributed by atoms with E-state index in [1.54, 1.807) is 55.6 Å². The number of methoxy groups -OCH3 is 1. The van der Waals surface area contributed by atoms with Crippen LogP contribution in [0.3, 0.4) is 0 Å². The first-order valence-electron chi connectivity index (χ1n) is 7.79. The molecule has 26 heavy (non-hydrogen) atoms. The summed E-state index contributed by atoms with van der Waals surface area (Å²) in [5.74, 6) is 0.0538. The Hall–Kier alpha value is -3.53. The topological polar surface area (TPSA) is 97.7 Å². The second-order valence-corrected chi connectivity index (χ2v) is 5.20. The van der Waals surface area contributed by atoms with Gasteiger partial charge in [-0.05, 0) is 42.0 Å². The van der Waals surface area contributed by atoms with Crippen LogP contribution >= 0.6 is 0 Å². The highest BCUT2D eigenvalue weighted by Gasteiger charge is 2.09. The lowest BCUT2D eigenvalue weighted by molar-refractivity contribution is -0.149. The minimum Gasteiger partial charge on any atom is -0.497 e. The van der Waals surface area contributed by atoms with Crippen LogP contribution in [0.15, 0.2) is 48.5 Å². The Morgan fingerprint density at radius 2 is 1.65 bits per heavy atom. The molecular formula is C19H18N2O5. The number of benzene rings is 2. The number of rotatable bonds is 8. The van der Waals surface area contributed by atoms with Crippen LogP contribution in [-0.2, 0) is 20.7 Å². The molecule has 0 saturated carbocycles. The van der Waals surface area contributed by atoms with Crippen LogP contribution in [0.4, 0.5) is 5.69 Å². The normalized spacial score (nSPS) is 9.69. The number of anilines is 1. The summed E-state index contributed by atoms with van der Waals surface area (Å²) in [5.41, 5.74) is 1.41. The maximum atomic E-state index is 11.8. The largest absolute Gasteiger partial charge is 0.497 e. The van der Waals surface area contributed by atoms with Gasteiger partial charge in [-0.25, -0.2) is 4.79 Å². The molecule has 0 bridgehead atoms. The van der Waals surface area contributed by atoms with E-state index >= 15 is 0 Å². The quantitative estimate of drug-likeness (QED) is 0.731. The van der Waals surface area contributed by atoms with E-state index in [4.69, 9.17) is 19.5 Å². The standard InChI is InChI=1S/C19H18N2O5/c1-24-16-6-8-17(9-7-16)25-13-19(23)26-12-18(22)21-15-4-2-14(3-5-15)10-11-20/h2-9H,10,12-13H2,1H3,(H,21,22). The fourth-order valence-electron chi connectivity index (χ4n) is 2.00. The molecule has 0 saturated heterocycles. The smallest absolute Gasteiger partial charge is 0.344 e. The molecular weight excluding hydrogens is 336 g/mol. The van der Waals surface area contributed by atoms with Crippen molar-refractivity contribution in [1.29, 1.82) is 5.26 Å². The molecule has 0 unspecified atom stereocenters. The number of amides is 1. The summed E-state index contributed by atoms with van der Waals surface area (Å²) in [4.78, 5) is 23.4. The predicted molar refractivity (Wildman–Crippen MR) is 93.8 cm³/mol. The Balaban J connectivity index is 1.70. The molecule has 7 heteroatoms. The van der Waals surface area contributed by atoms with Crippen molar-refractivity contribution in [3.8, 4) is 17.6 Å². The van der Waals surface area contributed by atoms with Crippen LogP contribution in [-0.4, -0.2) is 32.2 Å². The van der Waals surface area contributed by atoms with E-state index in [1.807, 2.05) is 6.07 Å². The van der Waals surface area contributed by atoms with Gasteiger partial charge in [-0.2, -0.15) is 5.26 Å². The maximum absolute atomic E-state index is 11.8. The highest BCUT2D eigenvalue weighted by atomic mass is 16.6. The number of hydrogen-bond acceptors (Lipinski definition) is 6. The van der Waals surface area contributed by atoms with Gasteiger partial charge in [0.1, 0.15) is 11.5 Å². The average Bonchev–Trinajstić information content (AvgIpc) is 2.67. The lowest BCUT2D eigenvalue weighted by atomic mass is 10.1. The van der Waals surface area contributed by atoms with Gasteiger partial charge < -0.3 is 19.5 Å². The number of nitrogens with one attached hydrogen (secondary N) is 1. The molecule has 0 radical (unpaired) electrons. The SMILES string of the molecule is COc1ccc(OCC(=O)OCC(=O)Nc2ccc(CC#N)cc2)cc1. The number of ether oxygens (including phenoxy) is 3. The zero-order valence-electron chi connectivity index (χ0n) is 14.2. The van der Waals surface area contributed by atoms with E-state index < -0.39 is 18.5 Å². The summed E-state index contributed by atoms with van der Waals surface area (Å²) in [5, 5.41) is 11.2. The fraction of sp³-hybridized carbons (Fsp3) is 0.211. The van der Waals surface area contributed by atoms with Crippen LogP contribution in [0.1, 0.15) is 5.56 Å². The summed E-state index contributed by atoms with van der Waals surface area (Å²) in [6.45, 7) is -0.715. The first-order valence-corrected chi connectivity index (χ1v) is 7.79. The number of hydrogen-bond donors (Lipinski definition) is 1. The molecule has 2 rings (SSSR count). The number of carbonyl (C=O) groups is 2. The van der Waals surface area contributed by atoms with Crippen molar-refractivity contribution >= 4 is 17.6 Å². The van der Waals surface area contributed by atoms with E-state index in [1.165, 1.54) is 0 Å². The molecule has 2 aromatic carbocycles. The predicted octanol–water partition coefficient (Wildman–Crippen LogP) is 2.32. The molecule has 0 aliphatic rings. The molecule has 0 spiro atoms. The van der Waals surface area contributed by atoms with Gasteiger partial charge in [-0.1, -0.05) is 12.1 Å². The van der Waals surface area contributed by atoms with Crippen molar-refractivity contribution in [2.45, 2.75) is 6.42 Å². The molecule has 134 valence electrons. The molecule has 0 atom stereocenters. The lowest BCUT2D eigenvalue weighted by Crippen LogP contribution is -2.23. The van der Waals surface area contributed by atoms with Crippen molar-refractivity contribution in [2.75, 3.05) is 25.6 Å². The molecule has 0 heterocycles. The van der Waals surface area contributed by atoms with Crippen LogP contribution in [0.2, 0.25) is 0 Å². The van der Waals surface area contributed by atoms with Crippen molar-refractivity contribution in [2.24, 2.45) is 0 Å². The minimum atomic E-state index is -0.652. The third-order valence-corrected chi connectivity index (χ3v) is 3.30. The second kappa shape index (κ2) is 9.69. The Labute approximate surface area is 151 Å². The second-order valence-electron chi connectivity index (χ2n) is 5.20. The lowest BCUT2D eigenvalue weighted by Gasteiger charge is -2.08. The van der Waals surface area contributed by atoms with Gasteiger partial charge in [0.15, 0.2) is 13.2 Å². The molecule has 1 amide bonds.